The highest BCUT2D eigenvalue weighted by Gasteiger charge is 2.71. The summed E-state index contributed by atoms with van der Waals surface area (Å²) < 4.78 is 34.1. The number of hydrogen-bond acceptors (Lipinski definition) is 7. The first-order chi connectivity index (χ1) is 23.6. The molecule has 0 bridgehead atoms. The van der Waals surface area contributed by atoms with E-state index in [1.807, 2.05) is 0 Å². The van der Waals surface area contributed by atoms with E-state index in [-0.39, 0.29) is 12.8 Å². The highest BCUT2D eigenvalue weighted by atomic mass is 32.3. The molecule has 1 rings (SSSR count). The maximum absolute atomic E-state index is 13.7. The third kappa shape index (κ3) is 18.5. The molecule has 0 aromatic carbocycles. The van der Waals surface area contributed by atoms with Crippen LogP contribution in [0.4, 0.5) is 0 Å². The van der Waals surface area contributed by atoms with Gasteiger partial charge in [0.2, 0.25) is 0 Å². The monoisotopic (exact) mass is 715 g/mol. The molecule has 1 saturated heterocycles. The van der Waals surface area contributed by atoms with E-state index in [1.54, 1.807) is 0 Å². The van der Waals surface area contributed by atoms with Crippen molar-refractivity contribution in [1.29, 1.82) is 0 Å². The summed E-state index contributed by atoms with van der Waals surface area (Å²) in [6.07, 6.45) is 35.1. The van der Waals surface area contributed by atoms with Gasteiger partial charge in [-0.1, -0.05) is 194 Å². The Kier molecular flexibility index (Phi) is 26.2. The van der Waals surface area contributed by atoms with Crippen LogP contribution in [0.2, 0.25) is 0 Å². The van der Waals surface area contributed by atoms with Gasteiger partial charge in [-0.2, -0.15) is 8.42 Å². The zero-order chi connectivity index (χ0) is 36.3. The molecule has 1 aliphatic heterocycles. The fraction of sp³-hybridized carbons (Fsp3) is 0.951. The van der Waals surface area contributed by atoms with E-state index in [4.69, 9.17) is 8.37 Å². The van der Waals surface area contributed by atoms with Gasteiger partial charge < -0.3 is 5.11 Å². The fourth-order valence-corrected chi connectivity index (χ4v) is 8.62. The van der Waals surface area contributed by atoms with E-state index in [0.717, 1.165) is 38.5 Å². The van der Waals surface area contributed by atoms with Gasteiger partial charge in [-0.05, 0) is 26.7 Å². The van der Waals surface area contributed by atoms with Crippen LogP contribution in [-0.4, -0.2) is 37.0 Å². The lowest BCUT2D eigenvalue weighted by Crippen LogP contribution is -2.71. The quantitative estimate of drug-likeness (QED) is 0.0508. The minimum Gasteiger partial charge on any atom is -0.388 e. The van der Waals surface area contributed by atoms with E-state index in [2.05, 4.69) is 13.8 Å². The number of hydrogen-bond donors (Lipinski definition) is 1. The number of unbranched alkanes of at least 4 members (excludes halogenated alkanes) is 28. The molecule has 1 fully saturated rings. The van der Waals surface area contributed by atoms with E-state index < -0.39 is 39.3 Å². The first-order valence-electron chi connectivity index (χ1n) is 21.0. The standard InChI is InChI=1S/C41H78O7S/c1-5-7-9-11-13-15-17-19-21-23-25-27-29-31-33-35-38(43)40(4,41(37(3)42)47-49(45,46)48-41)39(44)36-34-32-30-28-26-24-22-20-18-16-14-12-10-8-6-2/h37,42H,5-36H2,1-4H3. The van der Waals surface area contributed by atoms with Gasteiger partial charge in [0, 0.05) is 12.8 Å². The van der Waals surface area contributed by atoms with Crippen LogP contribution in [0.5, 0.6) is 0 Å². The number of Topliss-reactive ketones (excluding diaryl/α,β-unsaturated/α-hetero) is 2. The summed E-state index contributed by atoms with van der Waals surface area (Å²) in [5, 5.41) is 10.6. The van der Waals surface area contributed by atoms with Crippen molar-refractivity contribution in [3.8, 4) is 0 Å². The number of rotatable bonds is 36. The molecule has 1 heterocycles. The molecular formula is C41H78O7S. The Morgan fingerprint density at radius 2 is 0.735 bits per heavy atom. The highest BCUT2D eigenvalue weighted by Crippen LogP contribution is 2.50. The van der Waals surface area contributed by atoms with Crippen LogP contribution in [0.25, 0.3) is 0 Å². The summed E-state index contributed by atoms with van der Waals surface area (Å²) in [6.45, 7) is 7.24. The summed E-state index contributed by atoms with van der Waals surface area (Å²) in [6, 6.07) is 0. The first kappa shape index (κ1) is 46.2. The SMILES string of the molecule is CCCCCCCCCCCCCCCCCC(=O)C(C)(C(=O)CCCCCCCCCCCCCCCCC)C1(C(C)O)OS(=O)(=O)O1. The first-order valence-corrected chi connectivity index (χ1v) is 22.3. The molecule has 0 aromatic heterocycles. The van der Waals surface area contributed by atoms with Crippen molar-refractivity contribution in [3.63, 3.8) is 0 Å². The second kappa shape index (κ2) is 27.8. The van der Waals surface area contributed by atoms with Gasteiger partial charge in [-0.3, -0.25) is 9.59 Å². The van der Waals surface area contributed by atoms with Crippen LogP contribution < -0.4 is 0 Å². The van der Waals surface area contributed by atoms with Crippen LogP contribution in [-0.2, 0) is 28.4 Å². The highest BCUT2D eigenvalue weighted by molar-refractivity contribution is 7.82. The van der Waals surface area contributed by atoms with Crippen molar-refractivity contribution in [2.45, 2.75) is 245 Å². The molecule has 1 N–H and O–H groups in total. The molecule has 8 heteroatoms. The Morgan fingerprint density at radius 3 is 0.939 bits per heavy atom. The van der Waals surface area contributed by atoms with E-state index in [9.17, 15) is 23.1 Å². The number of aliphatic hydroxyl groups is 1. The van der Waals surface area contributed by atoms with Crippen molar-refractivity contribution in [3.05, 3.63) is 0 Å². The molecule has 1 atom stereocenters. The van der Waals surface area contributed by atoms with Crippen LogP contribution >= 0.6 is 0 Å². The fourth-order valence-electron chi connectivity index (χ4n) is 7.39. The average Bonchev–Trinajstić information content (AvgIpc) is 3.06. The maximum Gasteiger partial charge on any atom is 0.405 e. The van der Waals surface area contributed by atoms with Crippen molar-refractivity contribution in [1.82, 2.24) is 0 Å². The smallest absolute Gasteiger partial charge is 0.388 e. The van der Waals surface area contributed by atoms with E-state index in [0.29, 0.717) is 12.8 Å². The largest absolute Gasteiger partial charge is 0.405 e. The van der Waals surface area contributed by atoms with Gasteiger partial charge in [0.05, 0.1) is 0 Å². The topological polar surface area (TPSA) is 107 Å². The van der Waals surface area contributed by atoms with Gasteiger partial charge in [0.25, 0.3) is 5.79 Å². The molecule has 0 aromatic rings. The molecular weight excluding hydrogens is 637 g/mol. The third-order valence-corrected chi connectivity index (χ3v) is 11.7. The summed E-state index contributed by atoms with van der Waals surface area (Å²) in [5.74, 6) is -3.03. The predicted molar refractivity (Wildman–Crippen MR) is 203 cm³/mol. The Labute approximate surface area is 303 Å². The van der Waals surface area contributed by atoms with Gasteiger partial charge in [-0.15, -0.1) is 0 Å². The second-order valence-corrected chi connectivity index (χ2v) is 16.4. The van der Waals surface area contributed by atoms with Crippen LogP contribution in [0, 0.1) is 5.41 Å². The van der Waals surface area contributed by atoms with Gasteiger partial charge >= 0.3 is 10.4 Å². The van der Waals surface area contributed by atoms with Crippen molar-refractivity contribution < 1.29 is 31.5 Å². The van der Waals surface area contributed by atoms with E-state index >= 15 is 0 Å². The Morgan fingerprint density at radius 1 is 0.510 bits per heavy atom. The maximum atomic E-state index is 13.7. The second-order valence-electron chi connectivity index (χ2n) is 15.3. The third-order valence-electron chi connectivity index (χ3n) is 10.8. The molecule has 49 heavy (non-hydrogen) atoms. The predicted octanol–water partition coefficient (Wildman–Crippen LogP) is 12.0. The molecule has 0 spiro atoms. The minimum atomic E-state index is -4.35. The Bertz CT molecular complexity index is 887. The lowest BCUT2D eigenvalue weighted by Gasteiger charge is -2.50. The van der Waals surface area contributed by atoms with E-state index in [1.165, 1.54) is 155 Å². The molecule has 290 valence electrons. The number of carbonyl (C=O) groups is 2. The zero-order valence-corrected chi connectivity index (χ0v) is 33.3. The molecule has 1 unspecified atom stereocenters. The molecule has 1 aliphatic rings. The molecule has 7 nitrogen and oxygen atoms in total. The Hall–Kier alpha value is -0.830. The molecule has 0 amide bonds. The minimum absolute atomic E-state index is 0.126. The average molecular weight is 715 g/mol. The summed E-state index contributed by atoms with van der Waals surface area (Å²) in [4.78, 5) is 27.3. The van der Waals surface area contributed by atoms with Crippen molar-refractivity contribution in [2.75, 3.05) is 0 Å². The zero-order valence-electron chi connectivity index (χ0n) is 32.5. The summed E-state index contributed by atoms with van der Waals surface area (Å²) >= 11 is 0. The molecule has 0 radical (unpaired) electrons. The normalized spacial score (nSPS) is 16.0. The number of carbonyl (C=O) groups excluding carboxylic acids is 2. The Balaban J connectivity index is 2.36. The van der Waals surface area contributed by atoms with Crippen LogP contribution in [0.1, 0.15) is 233 Å². The summed E-state index contributed by atoms with van der Waals surface area (Å²) in [5.41, 5.74) is -1.89. The number of aliphatic hydroxyl groups excluding tert-OH is 1. The summed E-state index contributed by atoms with van der Waals surface area (Å²) in [7, 11) is -4.35. The van der Waals surface area contributed by atoms with Crippen LogP contribution in [0.15, 0.2) is 0 Å². The van der Waals surface area contributed by atoms with Crippen LogP contribution in [0.3, 0.4) is 0 Å². The molecule has 0 aliphatic carbocycles. The van der Waals surface area contributed by atoms with Crippen molar-refractivity contribution >= 4 is 22.0 Å². The number of ketones is 2. The lowest BCUT2D eigenvalue weighted by atomic mass is 9.69. The van der Waals surface area contributed by atoms with Crippen molar-refractivity contribution in [2.24, 2.45) is 5.41 Å². The van der Waals surface area contributed by atoms with Gasteiger partial charge in [0.1, 0.15) is 11.5 Å². The van der Waals surface area contributed by atoms with Gasteiger partial charge in [-0.25, -0.2) is 8.37 Å². The lowest BCUT2D eigenvalue weighted by molar-refractivity contribution is -0.284. The van der Waals surface area contributed by atoms with Gasteiger partial charge in [0.15, 0.2) is 11.6 Å². The molecule has 0 saturated carbocycles.